The number of fused-ring (bicyclic) bond motifs is 1. The van der Waals surface area contributed by atoms with Crippen molar-refractivity contribution in [2.24, 2.45) is 0 Å². The van der Waals surface area contributed by atoms with E-state index in [1.54, 1.807) is 17.0 Å². The van der Waals surface area contributed by atoms with Crippen molar-refractivity contribution in [3.8, 4) is 5.75 Å². The first-order valence-electron chi connectivity index (χ1n) is 6.56. The predicted octanol–water partition coefficient (Wildman–Crippen LogP) is 3.24. The molecule has 0 atom stereocenters. The molecule has 2 aromatic carbocycles. The van der Waals surface area contributed by atoms with Crippen LogP contribution in [-0.2, 0) is 6.54 Å². The lowest BCUT2D eigenvalue weighted by atomic mass is 10.2. The summed E-state index contributed by atoms with van der Waals surface area (Å²) in [6.45, 7) is 0.889. The Morgan fingerprint density at radius 3 is 2.76 bits per heavy atom. The number of hydrogen-bond acceptors (Lipinski definition) is 3. The van der Waals surface area contributed by atoms with Gasteiger partial charge in [-0.15, -0.1) is 0 Å². The first kappa shape index (κ1) is 13.8. The van der Waals surface area contributed by atoms with Crippen molar-refractivity contribution in [3.05, 3.63) is 69.7 Å². The Hall–Kier alpha value is -2.14. The highest BCUT2D eigenvalue weighted by molar-refractivity contribution is 9.10. The molecule has 21 heavy (non-hydrogen) atoms. The summed E-state index contributed by atoms with van der Waals surface area (Å²) in [4.78, 5) is 16.6. The van der Waals surface area contributed by atoms with Crippen molar-refractivity contribution in [1.82, 2.24) is 9.55 Å². The zero-order chi connectivity index (χ0) is 14.7. The second-order valence-corrected chi connectivity index (χ2v) is 5.48. The largest absolute Gasteiger partial charge is 0.492 e. The molecule has 0 aliphatic rings. The first-order valence-corrected chi connectivity index (χ1v) is 7.36. The number of rotatable bonds is 4. The molecule has 0 N–H and O–H groups in total. The van der Waals surface area contributed by atoms with Crippen LogP contribution in [0.4, 0.5) is 0 Å². The summed E-state index contributed by atoms with van der Waals surface area (Å²) in [6, 6.07) is 15.0. The third-order valence-corrected chi connectivity index (χ3v) is 3.62. The van der Waals surface area contributed by atoms with E-state index < -0.39 is 0 Å². The summed E-state index contributed by atoms with van der Waals surface area (Å²) in [6.07, 6.45) is 1.56. The highest BCUT2D eigenvalue weighted by Gasteiger charge is 2.04. The maximum absolute atomic E-state index is 12.3. The topological polar surface area (TPSA) is 44.1 Å². The first-order chi connectivity index (χ1) is 10.2. The zero-order valence-electron chi connectivity index (χ0n) is 11.2. The fraction of sp³-hybridized carbons (Fsp3) is 0.125. The van der Waals surface area contributed by atoms with Gasteiger partial charge in [0.25, 0.3) is 5.56 Å². The fourth-order valence-electron chi connectivity index (χ4n) is 2.07. The lowest BCUT2D eigenvalue weighted by Crippen LogP contribution is -2.23. The van der Waals surface area contributed by atoms with E-state index in [4.69, 9.17) is 4.74 Å². The van der Waals surface area contributed by atoms with E-state index in [-0.39, 0.29) is 5.56 Å². The molecule has 0 aliphatic carbocycles. The lowest BCUT2D eigenvalue weighted by Gasteiger charge is -2.08. The molecule has 0 radical (unpaired) electrons. The Morgan fingerprint density at radius 2 is 1.95 bits per heavy atom. The molecule has 0 spiro atoms. The molecule has 1 heterocycles. The Balaban J connectivity index is 1.77. The van der Waals surface area contributed by atoms with Gasteiger partial charge in [0.1, 0.15) is 12.4 Å². The number of benzene rings is 2. The Morgan fingerprint density at radius 1 is 1.14 bits per heavy atom. The van der Waals surface area contributed by atoms with Crippen LogP contribution in [0.2, 0.25) is 0 Å². The summed E-state index contributed by atoms with van der Waals surface area (Å²) >= 11 is 3.37. The molecule has 0 aliphatic heterocycles. The van der Waals surface area contributed by atoms with Crippen LogP contribution in [0.1, 0.15) is 0 Å². The van der Waals surface area contributed by atoms with Crippen LogP contribution in [0.3, 0.4) is 0 Å². The molecule has 0 unspecified atom stereocenters. The highest BCUT2D eigenvalue weighted by Crippen LogP contribution is 2.15. The van der Waals surface area contributed by atoms with Crippen molar-refractivity contribution in [2.45, 2.75) is 6.54 Å². The van der Waals surface area contributed by atoms with Gasteiger partial charge in [-0.2, -0.15) is 0 Å². The van der Waals surface area contributed by atoms with Crippen molar-refractivity contribution >= 4 is 26.8 Å². The van der Waals surface area contributed by atoms with Crippen LogP contribution in [0.5, 0.6) is 5.75 Å². The van der Waals surface area contributed by atoms with Crippen molar-refractivity contribution in [3.63, 3.8) is 0 Å². The molecule has 0 bridgehead atoms. The molecule has 0 amide bonds. The summed E-state index contributed by atoms with van der Waals surface area (Å²) in [7, 11) is 0. The molecule has 0 fully saturated rings. The average Bonchev–Trinajstić information content (AvgIpc) is 2.50. The van der Waals surface area contributed by atoms with E-state index in [2.05, 4.69) is 20.9 Å². The molecule has 3 rings (SSSR count). The number of hydrogen-bond donors (Lipinski definition) is 0. The molecule has 3 aromatic rings. The van der Waals surface area contributed by atoms with Gasteiger partial charge >= 0.3 is 0 Å². The molecule has 1 aromatic heterocycles. The Kier molecular flexibility index (Phi) is 4.01. The number of ether oxygens (including phenoxy) is 1. The normalized spacial score (nSPS) is 10.7. The Bertz CT molecular complexity index is 815. The minimum Gasteiger partial charge on any atom is -0.492 e. The highest BCUT2D eigenvalue weighted by atomic mass is 79.9. The molecule has 5 heteroatoms. The average molecular weight is 345 g/mol. The van der Waals surface area contributed by atoms with Crippen LogP contribution < -0.4 is 10.3 Å². The zero-order valence-corrected chi connectivity index (χ0v) is 12.8. The van der Waals surface area contributed by atoms with Crippen molar-refractivity contribution in [1.29, 1.82) is 0 Å². The van der Waals surface area contributed by atoms with Crippen molar-refractivity contribution < 1.29 is 4.74 Å². The quantitative estimate of drug-likeness (QED) is 0.729. The second kappa shape index (κ2) is 6.10. The third-order valence-electron chi connectivity index (χ3n) is 3.13. The summed E-state index contributed by atoms with van der Waals surface area (Å²) in [5, 5.41) is 0.611. The molecule has 4 nitrogen and oxygen atoms in total. The van der Waals surface area contributed by atoms with E-state index in [9.17, 15) is 4.79 Å². The van der Waals surface area contributed by atoms with Crippen LogP contribution in [0.15, 0.2) is 64.1 Å². The number of para-hydroxylation sites is 1. The summed E-state index contributed by atoms with van der Waals surface area (Å²) in [5.74, 6) is 0.795. The molecular weight excluding hydrogens is 332 g/mol. The Labute approximate surface area is 130 Å². The van der Waals surface area contributed by atoms with E-state index in [0.29, 0.717) is 24.1 Å². The monoisotopic (exact) mass is 344 g/mol. The predicted molar refractivity (Wildman–Crippen MR) is 85.6 cm³/mol. The van der Waals surface area contributed by atoms with Crippen LogP contribution in [0.25, 0.3) is 10.9 Å². The second-order valence-electron chi connectivity index (χ2n) is 4.57. The van der Waals surface area contributed by atoms with Gasteiger partial charge < -0.3 is 4.74 Å². The lowest BCUT2D eigenvalue weighted by molar-refractivity contribution is 0.296. The van der Waals surface area contributed by atoms with E-state index >= 15 is 0 Å². The van der Waals surface area contributed by atoms with Gasteiger partial charge in [0, 0.05) is 4.47 Å². The smallest absolute Gasteiger partial charge is 0.261 e. The summed E-state index contributed by atoms with van der Waals surface area (Å²) < 4.78 is 8.08. The third kappa shape index (κ3) is 3.13. The van der Waals surface area contributed by atoms with E-state index in [0.717, 1.165) is 10.2 Å². The standard InChI is InChI=1S/C16H13BrN2O2/c17-12-6-7-14-15(10-12)18-11-19(16(14)20)8-9-21-13-4-2-1-3-5-13/h1-7,10-11H,8-9H2. The van der Waals surface area contributed by atoms with Gasteiger partial charge in [-0.3, -0.25) is 9.36 Å². The van der Waals surface area contributed by atoms with Crippen LogP contribution in [0, 0.1) is 0 Å². The van der Waals surface area contributed by atoms with Gasteiger partial charge in [0.15, 0.2) is 0 Å². The number of halogens is 1. The number of aromatic nitrogens is 2. The van der Waals surface area contributed by atoms with Gasteiger partial charge in [0.05, 0.1) is 23.8 Å². The fourth-order valence-corrected chi connectivity index (χ4v) is 2.42. The van der Waals surface area contributed by atoms with Crippen LogP contribution >= 0.6 is 15.9 Å². The van der Waals surface area contributed by atoms with Crippen molar-refractivity contribution in [2.75, 3.05) is 6.61 Å². The van der Waals surface area contributed by atoms with Crippen LogP contribution in [-0.4, -0.2) is 16.2 Å². The SMILES string of the molecule is O=c1c2ccc(Br)cc2ncn1CCOc1ccccc1. The van der Waals surface area contributed by atoms with E-state index in [1.165, 1.54) is 0 Å². The van der Waals surface area contributed by atoms with Gasteiger partial charge in [-0.05, 0) is 30.3 Å². The molecular formula is C16H13BrN2O2. The minimum absolute atomic E-state index is 0.0517. The maximum Gasteiger partial charge on any atom is 0.261 e. The number of nitrogens with zero attached hydrogens (tertiary/aromatic N) is 2. The van der Waals surface area contributed by atoms with Gasteiger partial charge in [0.2, 0.25) is 0 Å². The van der Waals surface area contributed by atoms with Gasteiger partial charge in [-0.1, -0.05) is 34.1 Å². The summed E-state index contributed by atoms with van der Waals surface area (Å²) in [5.41, 5.74) is 0.638. The maximum atomic E-state index is 12.3. The van der Waals surface area contributed by atoms with Gasteiger partial charge in [-0.25, -0.2) is 4.98 Å². The molecule has 106 valence electrons. The molecule has 0 saturated heterocycles. The minimum atomic E-state index is -0.0517. The molecule has 0 saturated carbocycles. The van der Waals surface area contributed by atoms with E-state index in [1.807, 2.05) is 42.5 Å².